The first kappa shape index (κ1) is 15.3. The lowest BCUT2D eigenvalue weighted by molar-refractivity contribution is -0.119. The molecule has 0 radical (unpaired) electrons. The first-order valence-electron chi connectivity index (χ1n) is 7.00. The molecule has 1 saturated heterocycles. The van der Waals surface area contributed by atoms with Crippen LogP contribution in [-0.4, -0.2) is 73.6 Å². The van der Waals surface area contributed by atoms with Gasteiger partial charge in [-0.1, -0.05) is 5.16 Å². The predicted octanol–water partition coefficient (Wildman–Crippen LogP) is -0.886. The van der Waals surface area contributed by atoms with Crippen LogP contribution in [0.1, 0.15) is 5.69 Å². The molecule has 8 heteroatoms. The third kappa shape index (κ3) is 4.45. The summed E-state index contributed by atoms with van der Waals surface area (Å²) in [5, 5.41) is 9.58. The van der Waals surface area contributed by atoms with E-state index in [1.54, 1.807) is 20.4 Å². The number of rotatable bonds is 4. The van der Waals surface area contributed by atoms with Crippen LogP contribution >= 0.6 is 0 Å². The van der Waals surface area contributed by atoms with Crippen molar-refractivity contribution in [3.63, 3.8) is 0 Å². The van der Waals surface area contributed by atoms with Gasteiger partial charge in [0.05, 0.1) is 12.2 Å². The zero-order valence-electron chi connectivity index (χ0n) is 12.5. The number of hydrogen-bond acceptors (Lipinski definition) is 5. The number of piperazine rings is 1. The zero-order chi connectivity index (χ0) is 15.1. The molecule has 8 nitrogen and oxygen atoms in total. The number of aromatic nitrogens is 1. The van der Waals surface area contributed by atoms with Crippen LogP contribution in [-0.2, 0) is 11.3 Å². The van der Waals surface area contributed by atoms with Crippen LogP contribution in [0.5, 0.6) is 0 Å². The Bertz CT molecular complexity index is 465. The Hall–Kier alpha value is -2.09. The molecule has 0 unspecified atom stereocenters. The SMILES string of the molecule is CN=C(NCC(=O)NC)N1CCN(Cc2ccon2)CC1. The van der Waals surface area contributed by atoms with Crippen LogP contribution < -0.4 is 10.6 Å². The smallest absolute Gasteiger partial charge is 0.239 e. The summed E-state index contributed by atoms with van der Waals surface area (Å²) in [7, 11) is 3.35. The summed E-state index contributed by atoms with van der Waals surface area (Å²) < 4.78 is 4.84. The number of carbonyl (C=O) groups excluding carboxylic acids is 1. The minimum absolute atomic E-state index is 0.0548. The molecule has 1 aromatic heterocycles. The number of guanidine groups is 1. The molecule has 116 valence electrons. The molecular weight excluding hydrogens is 272 g/mol. The van der Waals surface area contributed by atoms with Gasteiger partial charge < -0.3 is 20.1 Å². The maximum absolute atomic E-state index is 11.3. The standard InChI is InChI=1S/C13H22N6O2/c1-14-12(20)9-16-13(15-2)19-6-4-18(5-7-19)10-11-3-8-21-17-11/h3,8H,4-7,9-10H2,1-2H3,(H,14,20)(H,15,16). The zero-order valence-corrected chi connectivity index (χ0v) is 12.5. The number of nitrogens with one attached hydrogen (secondary N) is 2. The summed E-state index contributed by atoms with van der Waals surface area (Å²) >= 11 is 0. The molecule has 2 N–H and O–H groups in total. The Labute approximate surface area is 124 Å². The van der Waals surface area contributed by atoms with Gasteiger partial charge in [-0.2, -0.15) is 0 Å². The average Bonchev–Trinajstić information content (AvgIpc) is 3.02. The average molecular weight is 294 g/mol. The van der Waals surface area contributed by atoms with Gasteiger partial charge in [-0.05, 0) is 0 Å². The van der Waals surface area contributed by atoms with Crippen molar-refractivity contribution in [1.29, 1.82) is 0 Å². The van der Waals surface area contributed by atoms with E-state index in [2.05, 4.69) is 30.6 Å². The van der Waals surface area contributed by atoms with Crippen molar-refractivity contribution in [2.24, 2.45) is 4.99 Å². The molecule has 2 rings (SSSR count). The van der Waals surface area contributed by atoms with Crippen LogP contribution in [0.15, 0.2) is 21.8 Å². The van der Waals surface area contributed by atoms with Gasteiger partial charge in [0.2, 0.25) is 5.91 Å². The number of nitrogens with zero attached hydrogens (tertiary/aromatic N) is 4. The van der Waals surface area contributed by atoms with E-state index in [9.17, 15) is 4.79 Å². The summed E-state index contributed by atoms with van der Waals surface area (Å²) in [6.45, 7) is 4.62. The molecule has 1 aliphatic heterocycles. The first-order valence-corrected chi connectivity index (χ1v) is 7.00. The third-order valence-corrected chi connectivity index (χ3v) is 3.45. The fourth-order valence-corrected chi connectivity index (χ4v) is 2.25. The van der Waals surface area contributed by atoms with E-state index in [0.717, 1.165) is 44.4 Å². The van der Waals surface area contributed by atoms with E-state index < -0.39 is 0 Å². The molecule has 2 heterocycles. The highest BCUT2D eigenvalue weighted by atomic mass is 16.5. The Morgan fingerprint density at radius 2 is 2.19 bits per heavy atom. The monoisotopic (exact) mass is 294 g/mol. The normalized spacial score (nSPS) is 16.9. The molecular formula is C13H22N6O2. The molecule has 21 heavy (non-hydrogen) atoms. The molecule has 0 atom stereocenters. The van der Waals surface area contributed by atoms with E-state index >= 15 is 0 Å². The highest BCUT2D eigenvalue weighted by molar-refractivity contribution is 5.86. The fourth-order valence-electron chi connectivity index (χ4n) is 2.25. The molecule has 1 aromatic rings. The highest BCUT2D eigenvalue weighted by Crippen LogP contribution is 2.07. The molecule has 1 fully saturated rings. The molecule has 1 aliphatic rings. The van der Waals surface area contributed by atoms with Gasteiger partial charge in [-0.3, -0.25) is 14.7 Å². The van der Waals surface area contributed by atoms with Crippen LogP contribution in [0, 0.1) is 0 Å². The lowest BCUT2D eigenvalue weighted by Crippen LogP contribution is -2.53. The van der Waals surface area contributed by atoms with Gasteiger partial charge in [0.15, 0.2) is 5.96 Å². The van der Waals surface area contributed by atoms with Gasteiger partial charge in [-0.15, -0.1) is 0 Å². The minimum Gasteiger partial charge on any atom is -0.364 e. The number of likely N-dealkylation sites (N-methyl/N-ethyl adjacent to an activating group) is 1. The second kappa shape index (κ2) is 7.63. The molecule has 0 bridgehead atoms. The number of carbonyl (C=O) groups is 1. The quantitative estimate of drug-likeness (QED) is 0.554. The summed E-state index contributed by atoms with van der Waals surface area (Å²) in [5.41, 5.74) is 0.950. The van der Waals surface area contributed by atoms with Gasteiger partial charge in [0.1, 0.15) is 6.26 Å². The van der Waals surface area contributed by atoms with Crippen LogP contribution in [0.25, 0.3) is 0 Å². The Balaban J connectivity index is 1.77. The predicted molar refractivity (Wildman–Crippen MR) is 78.8 cm³/mol. The van der Waals surface area contributed by atoms with Crippen molar-refractivity contribution in [2.75, 3.05) is 46.8 Å². The van der Waals surface area contributed by atoms with Gasteiger partial charge >= 0.3 is 0 Å². The van der Waals surface area contributed by atoms with Crippen molar-refractivity contribution >= 4 is 11.9 Å². The third-order valence-electron chi connectivity index (χ3n) is 3.45. The Morgan fingerprint density at radius 3 is 2.76 bits per heavy atom. The van der Waals surface area contributed by atoms with E-state index in [4.69, 9.17) is 4.52 Å². The minimum atomic E-state index is -0.0548. The summed E-state index contributed by atoms with van der Waals surface area (Å²) in [4.78, 5) is 20.0. The Morgan fingerprint density at radius 1 is 1.43 bits per heavy atom. The van der Waals surface area contributed by atoms with E-state index in [-0.39, 0.29) is 12.5 Å². The van der Waals surface area contributed by atoms with Crippen molar-refractivity contribution in [3.05, 3.63) is 18.0 Å². The van der Waals surface area contributed by atoms with Crippen LogP contribution in [0.2, 0.25) is 0 Å². The summed E-state index contributed by atoms with van der Waals surface area (Å²) in [5.74, 6) is 0.709. The maximum atomic E-state index is 11.3. The topological polar surface area (TPSA) is 86.0 Å². The highest BCUT2D eigenvalue weighted by Gasteiger charge is 2.20. The van der Waals surface area contributed by atoms with E-state index in [1.807, 2.05) is 6.07 Å². The molecule has 0 saturated carbocycles. The van der Waals surface area contributed by atoms with Gasteiger partial charge in [-0.25, -0.2) is 0 Å². The van der Waals surface area contributed by atoms with E-state index in [1.165, 1.54) is 0 Å². The summed E-state index contributed by atoms with van der Waals surface area (Å²) in [6, 6.07) is 1.89. The molecule has 1 amide bonds. The molecule has 0 spiro atoms. The van der Waals surface area contributed by atoms with Crippen molar-refractivity contribution in [3.8, 4) is 0 Å². The number of amides is 1. The van der Waals surface area contributed by atoms with Gasteiger partial charge in [0, 0.05) is 52.9 Å². The molecule has 0 aromatic carbocycles. The second-order valence-electron chi connectivity index (χ2n) is 4.83. The van der Waals surface area contributed by atoms with Gasteiger partial charge in [0.25, 0.3) is 0 Å². The van der Waals surface area contributed by atoms with Crippen molar-refractivity contribution in [2.45, 2.75) is 6.54 Å². The van der Waals surface area contributed by atoms with Crippen LogP contribution in [0.3, 0.4) is 0 Å². The first-order chi connectivity index (χ1) is 10.2. The van der Waals surface area contributed by atoms with Crippen LogP contribution in [0.4, 0.5) is 0 Å². The van der Waals surface area contributed by atoms with Crippen molar-refractivity contribution < 1.29 is 9.32 Å². The lowest BCUT2D eigenvalue weighted by atomic mass is 10.3. The fraction of sp³-hybridized carbons (Fsp3) is 0.615. The molecule has 0 aliphatic carbocycles. The summed E-state index contributed by atoms with van der Waals surface area (Å²) in [6.07, 6.45) is 1.59. The maximum Gasteiger partial charge on any atom is 0.239 e. The van der Waals surface area contributed by atoms with Crippen molar-refractivity contribution in [1.82, 2.24) is 25.6 Å². The number of aliphatic imine (C=N–C) groups is 1. The lowest BCUT2D eigenvalue weighted by Gasteiger charge is -2.36. The number of hydrogen-bond donors (Lipinski definition) is 2. The van der Waals surface area contributed by atoms with E-state index in [0.29, 0.717) is 0 Å². The Kier molecular flexibility index (Phi) is 5.56. The largest absolute Gasteiger partial charge is 0.364 e. The second-order valence-corrected chi connectivity index (χ2v) is 4.83.